The third kappa shape index (κ3) is 8.83. The van der Waals surface area contributed by atoms with Crippen molar-refractivity contribution in [3.05, 3.63) is 0 Å². The van der Waals surface area contributed by atoms with E-state index in [-0.39, 0.29) is 6.61 Å². The number of hydrogen-bond acceptors (Lipinski definition) is 5. The van der Waals surface area contributed by atoms with Crippen molar-refractivity contribution < 1.29 is 20.4 Å². The van der Waals surface area contributed by atoms with Crippen molar-refractivity contribution in [2.24, 2.45) is 0 Å². The molecule has 4 N–H and O–H groups in total. The topological polar surface area (TPSA) is 84.2 Å². The van der Waals surface area contributed by atoms with E-state index in [0.29, 0.717) is 6.54 Å². The maximum absolute atomic E-state index is 9.96. The quantitative estimate of drug-likeness (QED) is 0.358. The van der Waals surface area contributed by atoms with Gasteiger partial charge in [0.2, 0.25) is 0 Å². The average molecular weight is 360 g/mol. The Kier molecular flexibility index (Phi) is 12.7. The van der Waals surface area contributed by atoms with E-state index in [1.807, 2.05) is 4.90 Å². The van der Waals surface area contributed by atoms with Gasteiger partial charge in [0, 0.05) is 6.54 Å². The lowest BCUT2D eigenvalue weighted by Crippen LogP contribution is -2.62. The van der Waals surface area contributed by atoms with Crippen molar-refractivity contribution in [1.82, 2.24) is 4.90 Å². The van der Waals surface area contributed by atoms with Crippen molar-refractivity contribution in [3.63, 3.8) is 0 Å². The van der Waals surface area contributed by atoms with Gasteiger partial charge in [-0.2, -0.15) is 0 Å². The largest absolute Gasteiger partial charge is 0.395 e. The molecule has 5 heteroatoms. The van der Waals surface area contributed by atoms with Crippen LogP contribution in [0.15, 0.2) is 0 Å². The molecule has 150 valence electrons. The van der Waals surface area contributed by atoms with Crippen LogP contribution in [0.25, 0.3) is 0 Å². The number of hydrogen-bond donors (Lipinski definition) is 4. The van der Waals surface area contributed by atoms with E-state index < -0.39 is 24.4 Å². The molecule has 0 aromatic carbocycles. The zero-order valence-corrected chi connectivity index (χ0v) is 16.2. The first-order valence-corrected chi connectivity index (χ1v) is 10.5. The molecule has 1 rings (SSSR count). The molecule has 1 heterocycles. The smallest absolute Gasteiger partial charge is 0.109 e. The molecule has 25 heavy (non-hydrogen) atoms. The fraction of sp³-hybridized carbons (Fsp3) is 1.00. The molecule has 0 aromatic rings. The molecule has 0 amide bonds. The maximum Gasteiger partial charge on any atom is 0.109 e. The molecule has 5 nitrogen and oxygen atoms in total. The molecule has 4 atom stereocenters. The van der Waals surface area contributed by atoms with Crippen LogP contribution in [0.1, 0.15) is 84.0 Å². The van der Waals surface area contributed by atoms with Crippen LogP contribution in [0.5, 0.6) is 0 Å². The predicted octanol–water partition coefficient (Wildman–Crippen LogP) is 2.45. The minimum atomic E-state index is -1.16. The van der Waals surface area contributed by atoms with Gasteiger partial charge in [0.25, 0.3) is 0 Å². The molecule has 0 aromatic heterocycles. The standard InChI is InChI=1S/C20H41NO4/c1-2-3-4-5-6-7-8-9-10-11-12-13-14-21-15-18(23)20(25)19(24)17(21)16-22/h17-20,22-25H,2-16H2,1H3/t17?,18-,19+,20+/m0/s1. The highest BCUT2D eigenvalue weighted by Crippen LogP contribution is 2.20. The van der Waals surface area contributed by atoms with Crippen LogP contribution in [0.4, 0.5) is 0 Å². The number of β-amino-alcohol motifs (C(OH)–C–C–N with tert-alkyl or cyclic N) is 1. The van der Waals surface area contributed by atoms with Gasteiger partial charge in [-0.3, -0.25) is 4.90 Å². The Balaban J connectivity index is 2.00. The summed E-state index contributed by atoms with van der Waals surface area (Å²) in [4.78, 5) is 1.92. The number of piperidine rings is 1. The molecule has 1 fully saturated rings. The van der Waals surface area contributed by atoms with E-state index >= 15 is 0 Å². The highest BCUT2D eigenvalue weighted by atomic mass is 16.4. The molecule has 1 saturated heterocycles. The maximum atomic E-state index is 9.96. The highest BCUT2D eigenvalue weighted by molar-refractivity contribution is 4.93. The number of aliphatic hydroxyl groups is 4. The van der Waals surface area contributed by atoms with E-state index in [2.05, 4.69) is 6.92 Å². The van der Waals surface area contributed by atoms with Crippen molar-refractivity contribution in [1.29, 1.82) is 0 Å². The van der Waals surface area contributed by atoms with Crippen LogP contribution in [0.3, 0.4) is 0 Å². The molecule has 0 spiro atoms. The Bertz CT molecular complexity index is 316. The van der Waals surface area contributed by atoms with Gasteiger partial charge in [0.05, 0.1) is 18.8 Å². The zero-order chi connectivity index (χ0) is 18.5. The van der Waals surface area contributed by atoms with Gasteiger partial charge in [-0.1, -0.05) is 77.6 Å². The molecular weight excluding hydrogens is 318 g/mol. The van der Waals surface area contributed by atoms with Gasteiger partial charge in [-0.25, -0.2) is 0 Å². The first kappa shape index (κ1) is 22.8. The minimum absolute atomic E-state index is 0.191. The van der Waals surface area contributed by atoms with Gasteiger partial charge in [-0.05, 0) is 13.0 Å². The third-order valence-electron chi connectivity index (χ3n) is 5.51. The molecule has 0 bridgehead atoms. The van der Waals surface area contributed by atoms with Gasteiger partial charge < -0.3 is 20.4 Å². The summed E-state index contributed by atoms with van der Waals surface area (Å²) in [7, 11) is 0. The summed E-state index contributed by atoms with van der Waals surface area (Å²) in [5.74, 6) is 0. The van der Waals surface area contributed by atoms with Crippen molar-refractivity contribution in [2.75, 3.05) is 19.7 Å². The lowest BCUT2D eigenvalue weighted by molar-refractivity contribution is -0.145. The first-order valence-electron chi connectivity index (χ1n) is 10.5. The Morgan fingerprint density at radius 1 is 0.720 bits per heavy atom. The number of likely N-dealkylation sites (tertiary alicyclic amines) is 1. The van der Waals surface area contributed by atoms with E-state index in [9.17, 15) is 20.4 Å². The minimum Gasteiger partial charge on any atom is -0.395 e. The number of nitrogens with zero attached hydrogens (tertiary/aromatic N) is 1. The summed E-state index contributed by atoms with van der Waals surface area (Å²) in [6, 6.07) is -0.467. The van der Waals surface area contributed by atoms with Gasteiger partial charge in [-0.15, -0.1) is 0 Å². The zero-order valence-electron chi connectivity index (χ0n) is 16.2. The van der Waals surface area contributed by atoms with E-state index in [4.69, 9.17) is 0 Å². The molecule has 0 aliphatic carbocycles. The summed E-state index contributed by atoms with van der Waals surface area (Å²) < 4.78 is 0. The number of unbranched alkanes of at least 4 members (excludes halogenated alkanes) is 11. The first-order chi connectivity index (χ1) is 12.1. The molecule has 1 aliphatic rings. The fourth-order valence-corrected chi connectivity index (χ4v) is 3.79. The molecule has 1 aliphatic heterocycles. The Morgan fingerprint density at radius 2 is 1.20 bits per heavy atom. The number of aliphatic hydroxyl groups excluding tert-OH is 4. The molecule has 0 radical (unpaired) electrons. The van der Waals surface area contributed by atoms with Crippen LogP contribution in [0, 0.1) is 0 Å². The van der Waals surface area contributed by atoms with Gasteiger partial charge in [0.1, 0.15) is 12.2 Å². The van der Waals surface area contributed by atoms with Crippen molar-refractivity contribution in [3.8, 4) is 0 Å². The fourth-order valence-electron chi connectivity index (χ4n) is 3.79. The summed E-state index contributed by atoms with van der Waals surface area (Å²) >= 11 is 0. The lowest BCUT2D eigenvalue weighted by Gasteiger charge is -2.43. The van der Waals surface area contributed by atoms with Crippen LogP contribution >= 0.6 is 0 Å². The normalized spacial score (nSPS) is 27.7. The van der Waals surface area contributed by atoms with Crippen LogP contribution in [-0.2, 0) is 0 Å². The van der Waals surface area contributed by atoms with Crippen molar-refractivity contribution >= 4 is 0 Å². The second-order valence-electron chi connectivity index (χ2n) is 7.68. The Hall–Kier alpha value is -0.200. The van der Waals surface area contributed by atoms with E-state index in [0.717, 1.165) is 19.4 Å². The predicted molar refractivity (Wildman–Crippen MR) is 102 cm³/mol. The summed E-state index contributed by atoms with van der Waals surface area (Å²) in [5.41, 5.74) is 0. The molecule has 0 saturated carbocycles. The SMILES string of the molecule is CCCCCCCCCCCCCCN1C[C@H](O)[C@@H](O)[C@H](O)C1CO. The average Bonchev–Trinajstić information content (AvgIpc) is 2.61. The summed E-state index contributed by atoms with van der Waals surface area (Å²) in [6.45, 7) is 3.14. The lowest BCUT2D eigenvalue weighted by atomic mass is 9.94. The van der Waals surface area contributed by atoms with E-state index in [1.54, 1.807) is 0 Å². The molecule has 1 unspecified atom stereocenters. The van der Waals surface area contributed by atoms with E-state index in [1.165, 1.54) is 64.2 Å². The Labute approximate surface area is 154 Å². The van der Waals surface area contributed by atoms with Crippen LogP contribution in [-0.4, -0.2) is 69.4 Å². The Morgan fingerprint density at radius 3 is 1.68 bits per heavy atom. The summed E-state index contributed by atoms with van der Waals surface area (Å²) in [6.07, 6.45) is 12.4. The summed E-state index contributed by atoms with van der Waals surface area (Å²) in [5, 5.41) is 38.9. The third-order valence-corrected chi connectivity index (χ3v) is 5.51. The second kappa shape index (κ2) is 13.9. The number of rotatable bonds is 14. The van der Waals surface area contributed by atoms with Crippen LogP contribution in [0.2, 0.25) is 0 Å². The monoisotopic (exact) mass is 359 g/mol. The molecular formula is C20H41NO4. The highest BCUT2D eigenvalue weighted by Gasteiger charge is 2.40. The van der Waals surface area contributed by atoms with Crippen molar-refractivity contribution in [2.45, 2.75) is 108 Å². The van der Waals surface area contributed by atoms with Gasteiger partial charge in [0.15, 0.2) is 0 Å². The van der Waals surface area contributed by atoms with Gasteiger partial charge >= 0.3 is 0 Å². The van der Waals surface area contributed by atoms with Crippen LogP contribution < -0.4 is 0 Å². The second-order valence-corrected chi connectivity index (χ2v) is 7.68.